The molecule has 1 amide bonds. The zero-order valence-electron chi connectivity index (χ0n) is 10.8. The second kappa shape index (κ2) is 5.00. The molecule has 0 aliphatic rings. The molecule has 0 saturated heterocycles. The first-order valence-electron chi connectivity index (χ1n) is 6.02. The third kappa shape index (κ3) is 2.18. The summed E-state index contributed by atoms with van der Waals surface area (Å²) in [5.74, 6) is 0.513. The fraction of sp³-hybridized carbons (Fsp3) is 0.0714. The smallest absolute Gasteiger partial charge is 0.261 e. The minimum absolute atomic E-state index is 0.302. The molecular formula is C14H12N4O2. The highest BCUT2D eigenvalue weighted by Crippen LogP contribution is 2.18. The molecule has 6 nitrogen and oxygen atoms in total. The van der Waals surface area contributed by atoms with Crippen LogP contribution in [-0.2, 0) is 0 Å². The van der Waals surface area contributed by atoms with Crippen LogP contribution in [0.25, 0.3) is 11.0 Å². The van der Waals surface area contributed by atoms with Gasteiger partial charge >= 0.3 is 0 Å². The molecule has 100 valence electrons. The van der Waals surface area contributed by atoms with E-state index in [4.69, 9.17) is 4.74 Å². The Labute approximate surface area is 114 Å². The van der Waals surface area contributed by atoms with Crippen LogP contribution in [-0.4, -0.2) is 28.0 Å². The Morgan fingerprint density at radius 2 is 2.15 bits per heavy atom. The van der Waals surface area contributed by atoms with E-state index in [1.807, 2.05) is 24.3 Å². The van der Waals surface area contributed by atoms with Gasteiger partial charge in [0.15, 0.2) is 0 Å². The number of imidazole rings is 1. The van der Waals surface area contributed by atoms with Gasteiger partial charge in [0.2, 0.25) is 5.95 Å². The fourth-order valence-corrected chi connectivity index (χ4v) is 1.92. The molecule has 2 heterocycles. The van der Waals surface area contributed by atoms with Crippen LogP contribution in [0.4, 0.5) is 5.95 Å². The Hall–Kier alpha value is -2.89. The maximum Gasteiger partial charge on any atom is 0.261 e. The number of ether oxygens (including phenoxy) is 1. The van der Waals surface area contributed by atoms with Crippen molar-refractivity contribution in [2.75, 3.05) is 12.4 Å². The molecule has 0 unspecified atom stereocenters. The lowest BCUT2D eigenvalue weighted by molar-refractivity contribution is 0.102. The van der Waals surface area contributed by atoms with Crippen molar-refractivity contribution in [2.45, 2.75) is 0 Å². The van der Waals surface area contributed by atoms with Crippen LogP contribution >= 0.6 is 0 Å². The Balaban J connectivity index is 1.88. The summed E-state index contributed by atoms with van der Waals surface area (Å²) >= 11 is 0. The lowest BCUT2D eigenvalue weighted by atomic mass is 10.2. The number of nitrogens with one attached hydrogen (secondary N) is 2. The average Bonchev–Trinajstić information content (AvgIpc) is 2.89. The fourth-order valence-electron chi connectivity index (χ4n) is 1.92. The first kappa shape index (κ1) is 12.2. The number of hydrogen-bond donors (Lipinski definition) is 2. The van der Waals surface area contributed by atoms with Crippen molar-refractivity contribution in [3.05, 3.63) is 48.3 Å². The summed E-state index contributed by atoms with van der Waals surface area (Å²) in [5.41, 5.74) is 2.07. The van der Waals surface area contributed by atoms with Gasteiger partial charge in [0, 0.05) is 6.20 Å². The summed E-state index contributed by atoms with van der Waals surface area (Å²) in [6, 6.07) is 9.15. The number of carbonyl (C=O) groups is 1. The normalized spacial score (nSPS) is 10.4. The molecule has 0 spiro atoms. The molecule has 1 aromatic carbocycles. The molecule has 0 bridgehead atoms. The molecule has 0 aliphatic heterocycles. The van der Waals surface area contributed by atoms with E-state index in [-0.39, 0.29) is 5.91 Å². The van der Waals surface area contributed by atoms with Gasteiger partial charge in [-0.2, -0.15) is 0 Å². The van der Waals surface area contributed by atoms with Gasteiger partial charge in [-0.25, -0.2) is 4.98 Å². The Kier molecular flexibility index (Phi) is 3.04. The standard InChI is InChI=1S/C14H12N4O2/c1-20-12-8-15-7-6-9(12)13(19)18-14-16-10-4-2-3-5-11(10)17-14/h2-8H,1H3,(H2,16,17,18,19). The van der Waals surface area contributed by atoms with Crippen molar-refractivity contribution >= 4 is 22.9 Å². The zero-order valence-corrected chi connectivity index (χ0v) is 10.8. The zero-order chi connectivity index (χ0) is 13.9. The van der Waals surface area contributed by atoms with Gasteiger partial charge in [-0.3, -0.25) is 15.1 Å². The minimum Gasteiger partial charge on any atom is -0.494 e. The number of carbonyl (C=O) groups excluding carboxylic acids is 1. The summed E-state index contributed by atoms with van der Waals surface area (Å²) in [5, 5.41) is 2.71. The number of benzene rings is 1. The molecule has 2 aromatic heterocycles. The van der Waals surface area contributed by atoms with Crippen LogP contribution in [0.3, 0.4) is 0 Å². The molecule has 3 aromatic rings. The van der Waals surface area contributed by atoms with Crippen molar-refractivity contribution in [1.82, 2.24) is 15.0 Å². The first-order valence-corrected chi connectivity index (χ1v) is 6.02. The molecule has 6 heteroatoms. The van der Waals surface area contributed by atoms with Crippen molar-refractivity contribution in [2.24, 2.45) is 0 Å². The first-order chi connectivity index (χ1) is 9.78. The summed E-state index contributed by atoms with van der Waals surface area (Å²) in [7, 11) is 1.50. The van der Waals surface area contributed by atoms with Gasteiger partial charge in [-0.05, 0) is 18.2 Å². The molecule has 0 aliphatic carbocycles. The Bertz CT molecular complexity index is 733. The third-order valence-corrected chi connectivity index (χ3v) is 2.87. The predicted molar refractivity (Wildman–Crippen MR) is 74.8 cm³/mol. The highest BCUT2D eigenvalue weighted by Gasteiger charge is 2.13. The van der Waals surface area contributed by atoms with Crippen molar-refractivity contribution < 1.29 is 9.53 Å². The van der Waals surface area contributed by atoms with E-state index in [1.54, 1.807) is 6.07 Å². The van der Waals surface area contributed by atoms with E-state index >= 15 is 0 Å². The monoisotopic (exact) mass is 268 g/mol. The van der Waals surface area contributed by atoms with Crippen molar-refractivity contribution in [1.29, 1.82) is 0 Å². The van der Waals surface area contributed by atoms with Crippen LogP contribution in [0.15, 0.2) is 42.7 Å². The molecule has 2 N–H and O–H groups in total. The number of rotatable bonds is 3. The Morgan fingerprint density at radius 1 is 1.30 bits per heavy atom. The van der Waals surface area contributed by atoms with Gasteiger partial charge < -0.3 is 9.72 Å². The Morgan fingerprint density at radius 3 is 2.95 bits per heavy atom. The van der Waals surface area contributed by atoms with Crippen LogP contribution in [0.1, 0.15) is 10.4 Å². The van der Waals surface area contributed by atoms with E-state index in [0.717, 1.165) is 11.0 Å². The number of nitrogens with zero attached hydrogens (tertiary/aromatic N) is 2. The molecule has 0 fully saturated rings. The third-order valence-electron chi connectivity index (χ3n) is 2.87. The van der Waals surface area contributed by atoms with Crippen molar-refractivity contribution in [3.8, 4) is 5.75 Å². The lowest BCUT2D eigenvalue weighted by Gasteiger charge is -2.06. The molecule has 3 rings (SSSR count). The number of aromatic nitrogens is 3. The molecule has 0 radical (unpaired) electrons. The highest BCUT2D eigenvalue weighted by molar-refractivity contribution is 6.05. The molecular weight excluding hydrogens is 256 g/mol. The summed E-state index contributed by atoms with van der Waals surface area (Å²) in [6.45, 7) is 0. The second-order valence-electron chi connectivity index (χ2n) is 4.13. The number of fused-ring (bicyclic) bond motifs is 1. The number of hydrogen-bond acceptors (Lipinski definition) is 4. The summed E-state index contributed by atoms with van der Waals surface area (Å²) in [6.07, 6.45) is 3.03. The summed E-state index contributed by atoms with van der Waals surface area (Å²) < 4.78 is 5.11. The van der Waals surface area contributed by atoms with E-state index in [2.05, 4.69) is 20.3 Å². The quantitative estimate of drug-likeness (QED) is 0.763. The van der Waals surface area contributed by atoms with Gasteiger partial charge in [-0.1, -0.05) is 12.1 Å². The number of aromatic amines is 1. The summed E-state index contributed by atoms with van der Waals surface area (Å²) in [4.78, 5) is 23.4. The average molecular weight is 268 g/mol. The molecule has 0 saturated carbocycles. The number of anilines is 1. The highest BCUT2D eigenvalue weighted by atomic mass is 16.5. The number of methoxy groups -OCH3 is 1. The second-order valence-corrected chi connectivity index (χ2v) is 4.13. The van der Waals surface area contributed by atoms with Crippen molar-refractivity contribution in [3.63, 3.8) is 0 Å². The minimum atomic E-state index is -0.302. The number of para-hydroxylation sites is 2. The van der Waals surface area contributed by atoms with Crippen LogP contribution in [0, 0.1) is 0 Å². The number of pyridine rings is 1. The SMILES string of the molecule is COc1cnccc1C(=O)Nc1nc2ccccc2[nH]1. The number of amides is 1. The molecule has 0 atom stereocenters. The van der Waals surface area contributed by atoms with E-state index in [1.165, 1.54) is 19.5 Å². The maximum atomic E-state index is 12.2. The van der Waals surface area contributed by atoms with Gasteiger partial charge in [-0.15, -0.1) is 0 Å². The largest absolute Gasteiger partial charge is 0.494 e. The maximum absolute atomic E-state index is 12.2. The van der Waals surface area contributed by atoms with E-state index in [9.17, 15) is 4.79 Å². The number of H-pyrrole nitrogens is 1. The topological polar surface area (TPSA) is 79.9 Å². The van der Waals surface area contributed by atoms with Crippen LogP contribution in [0.2, 0.25) is 0 Å². The van der Waals surface area contributed by atoms with Crippen LogP contribution < -0.4 is 10.1 Å². The van der Waals surface area contributed by atoms with Gasteiger partial charge in [0.1, 0.15) is 5.75 Å². The predicted octanol–water partition coefficient (Wildman–Crippen LogP) is 2.22. The molecule has 20 heavy (non-hydrogen) atoms. The van der Waals surface area contributed by atoms with Crippen LogP contribution in [0.5, 0.6) is 5.75 Å². The van der Waals surface area contributed by atoms with Gasteiger partial charge in [0.05, 0.1) is 29.9 Å². The van der Waals surface area contributed by atoms with E-state index in [0.29, 0.717) is 17.3 Å². The van der Waals surface area contributed by atoms with E-state index < -0.39 is 0 Å². The lowest BCUT2D eigenvalue weighted by Crippen LogP contribution is -2.14. The van der Waals surface area contributed by atoms with Gasteiger partial charge in [0.25, 0.3) is 5.91 Å².